The fourth-order valence-corrected chi connectivity index (χ4v) is 2.09. The molecule has 1 aromatic rings. The van der Waals surface area contributed by atoms with Crippen molar-refractivity contribution < 1.29 is 9.53 Å². The van der Waals surface area contributed by atoms with Crippen LogP contribution >= 0.6 is 0 Å². The summed E-state index contributed by atoms with van der Waals surface area (Å²) >= 11 is 0. The van der Waals surface area contributed by atoms with Gasteiger partial charge in [-0.15, -0.1) is 0 Å². The molecule has 0 saturated carbocycles. The van der Waals surface area contributed by atoms with Crippen LogP contribution in [0.25, 0.3) is 0 Å². The molecule has 1 heterocycles. The first-order valence-electron chi connectivity index (χ1n) is 7.18. The van der Waals surface area contributed by atoms with Crippen molar-refractivity contribution in [1.29, 1.82) is 0 Å². The van der Waals surface area contributed by atoms with Crippen molar-refractivity contribution in [3.05, 3.63) is 35.9 Å². The Kier molecular flexibility index (Phi) is 5.49. The van der Waals surface area contributed by atoms with Gasteiger partial charge in [0.1, 0.15) is 6.61 Å². The minimum atomic E-state index is -0.431. The average Bonchev–Trinajstić information content (AvgIpc) is 2.52. The fourth-order valence-electron chi connectivity index (χ4n) is 2.09. The molecule has 1 aliphatic rings. The molecule has 0 unspecified atom stereocenters. The van der Waals surface area contributed by atoms with E-state index in [4.69, 9.17) is 4.74 Å². The monoisotopic (exact) mass is 287 g/mol. The molecule has 1 aromatic carbocycles. The minimum Gasteiger partial charge on any atom is -0.445 e. The molecular formula is C16H21N3O2. The number of nitrogens with zero attached hydrogens (tertiary/aromatic N) is 2. The number of carbonyl (C=O) groups excluding carboxylic acids is 1. The lowest BCUT2D eigenvalue weighted by Gasteiger charge is -2.23. The first-order chi connectivity index (χ1) is 10.2. The minimum absolute atomic E-state index is 0.169. The zero-order valence-electron chi connectivity index (χ0n) is 12.5. The van der Waals surface area contributed by atoms with Gasteiger partial charge in [-0.25, -0.2) is 4.79 Å². The summed E-state index contributed by atoms with van der Waals surface area (Å²) in [6, 6.07) is 9.44. The molecule has 0 saturated heterocycles. The number of hydrogen-bond acceptors (Lipinski definition) is 4. The van der Waals surface area contributed by atoms with Crippen LogP contribution in [0.1, 0.15) is 19.4 Å². The van der Waals surface area contributed by atoms with Gasteiger partial charge < -0.3 is 10.1 Å². The molecule has 2 rings (SSSR count). The van der Waals surface area contributed by atoms with Gasteiger partial charge in [-0.05, 0) is 11.5 Å². The van der Waals surface area contributed by atoms with Crippen LogP contribution in [-0.2, 0) is 11.3 Å². The Bertz CT molecular complexity index is 524. The van der Waals surface area contributed by atoms with Crippen LogP contribution in [0.15, 0.2) is 40.3 Å². The number of nitrogens with one attached hydrogen (secondary N) is 1. The van der Waals surface area contributed by atoms with E-state index in [1.165, 1.54) is 0 Å². The second-order valence-electron chi connectivity index (χ2n) is 5.27. The first-order valence-corrected chi connectivity index (χ1v) is 7.18. The largest absolute Gasteiger partial charge is 0.445 e. The molecule has 0 aliphatic carbocycles. The van der Waals surface area contributed by atoms with Crippen molar-refractivity contribution in [3.63, 3.8) is 0 Å². The number of carbonyl (C=O) groups is 1. The van der Waals surface area contributed by atoms with Crippen LogP contribution in [0.2, 0.25) is 0 Å². The maximum absolute atomic E-state index is 11.9. The van der Waals surface area contributed by atoms with E-state index in [0.29, 0.717) is 13.1 Å². The van der Waals surface area contributed by atoms with Crippen LogP contribution in [0, 0.1) is 5.92 Å². The van der Waals surface area contributed by atoms with E-state index < -0.39 is 6.09 Å². The van der Waals surface area contributed by atoms with E-state index in [-0.39, 0.29) is 18.6 Å². The highest BCUT2D eigenvalue weighted by Crippen LogP contribution is 2.07. The van der Waals surface area contributed by atoms with E-state index in [1.54, 1.807) is 6.21 Å². The molecule has 1 N–H and O–H groups in total. The summed E-state index contributed by atoms with van der Waals surface area (Å²) in [7, 11) is 0. The SMILES string of the molecule is CC(C)[C@H](NC(=O)OCc1ccccc1)C1=NCCN=C1. The summed E-state index contributed by atoms with van der Waals surface area (Å²) in [5.41, 5.74) is 1.78. The van der Waals surface area contributed by atoms with Gasteiger partial charge in [-0.3, -0.25) is 9.98 Å². The predicted molar refractivity (Wildman–Crippen MR) is 84.0 cm³/mol. The number of ether oxygens (including phenoxy) is 1. The lowest BCUT2D eigenvalue weighted by atomic mass is 9.99. The maximum Gasteiger partial charge on any atom is 0.408 e. The number of aliphatic imine (C=N–C) groups is 2. The molecule has 5 heteroatoms. The van der Waals surface area contributed by atoms with Crippen LogP contribution in [0.5, 0.6) is 0 Å². The molecule has 0 fully saturated rings. The van der Waals surface area contributed by atoms with Gasteiger partial charge >= 0.3 is 6.09 Å². The quantitative estimate of drug-likeness (QED) is 0.904. The summed E-state index contributed by atoms with van der Waals surface area (Å²) in [5, 5.41) is 2.87. The Balaban J connectivity index is 1.89. The standard InChI is InChI=1S/C16H21N3O2/c1-12(2)15(14-10-17-8-9-18-14)19-16(20)21-11-13-6-4-3-5-7-13/h3-7,10,12,15H,8-9,11H2,1-2H3,(H,19,20)/t15-/m0/s1. The highest BCUT2D eigenvalue weighted by Gasteiger charge is 2.22. The van der Waals surface area contributed by atoms with E-state index in [2.05, 4.69) is 15.3 Å². The van der Waals surface area contributed by atoms with Crippen molar-refractivity contribution in [2.24, 2.45) is 15.9 Å². The smallest absolute Gasteiger partial charge is 0.408 e. The number of rotatable bonds is 5. The third-order valence-electron chi connectivity index (χ3n) is 3.22. The second kappa shape index (κ2) is 7.57. The highest BCUT2D eigenvalue weighted by atomic mass is 16.5. The number of hydrogen-bond donors (Lipinski definition) is 1. The highest BCUT2D eigenvalue weighted by molar-refractivity contribution is 6.33. The number of alkyl carbamates (subject to hydrolysis) is 1. The molecule has 5 nitrogen and oxygen atoms in total. The zero-order chi connectivity index (χ0) is 15.1. The molecule has 0 aromatic heterocycles. The Labute approximate surface area is 125 Å². The lowest BCUT2D eigenvalue weighted by molar-refractivity contribution is 0.136. The third kappa shape index (κ3) is 4.70. The second-order valence-corrected chi connectivity index (χ2v) is 5.27. The molecule has 0 spiro atoms. The number of amides is 1. The number of benzene rings is 1. The molecule has 1 atom stereocenters. The Hall–Kier alpha value is -2.17. The summed E-state index contributed by atoms with van der Waals surface area (Å²) < 4.78 is 5.25. The molecule has 1 amide bonds. The first kappa shape index (κ1) is 15.2. The van der Waals surface area contributed by atoms with Crippen LogP contribution in [0.3, 0.4) is 0 Å². The Morgan fingerprint density at radius 2 is 2.05 bits per heavy atom. The Morgan fingerprint density at radius 1 is 1.29 bits per heavy atom. The van der Waals surface area contributed by atoms with Crippen molar-refractivity contribution in [3.8, 4) is 0 Å². The van der Waals surface area contributed by atoms with Crippen molar-refractivity contribution in [1.82, 2.24) is 5.32 Å². The van der Waals surface area contributed by atoms with Gasteiger partial charge in [0, 0.05) is 6.21 Å². The van der Waals surface area contributed by atoms with E-state index in [1.807, 2.05) is 44.2 Å². The summed E-state index contributed by atoms with van der Waals surface area (Å²) in [6.07, 6.45) is 1.31. The summed E-state index contributed by atoms with van der Waals surface area (Å²) in [4.78, 5) is 20.6. The maximum atomic E-state index is 11.9. The fraction of sp³-hybridized carbons (Fsp3) is 0.438. The van der Waals surface area contributed by atoms with Gasteiger partial charge in [-0.2, -0.15) is 0 Å². The van der Waals surface area contributed by atoms with Gasteiger partial charge in [0.05, 0.1) is 24.8 Å². The van der Waals surface area contributed by atoms with Crippen molar-refractivity contribution in [2.75, 3.05) is 13.1 Å². The zero-order valence-corrected chi connectivity index (χ0v) is 12.5. The van der Waals surface area contributed by atoms with Gasteiger partial charge in [-0.1, -0.05) is 44.2 Å². The van der Waals surface area contributed by atoms with Gasteiger partial charge in [0.15, 0.2) is 0 Å². The lowest BCUT2D eigenvalue weighted by Crippen LogP contribution is -2.45. The van der Waals surface area contributed by atoms with Crippen LogP contribution < -0.4 is 5.32 Å². The topological polar surface area (TPSA) is 63.0 Å². The van der Waals surface area contributed by atoms with Crippen LogP contribution in [0.4, 0.5) is 4.79 Å². The van der Waals surface area contributed by atoms with E-state index >= 15 is 0 Å². The molecule has 0 bridgehead atoms. The third-order valence-corrected chi connectivity index (χ3v) is 3.22. The molecular weight excluding hydrogens is 266 g/mol. The summed E-state index contributed by atoms with van der Waals surface area (Å²) in [5.74, 6) is 0.220. The summed E-state index contributed by atoms with van der Waals surface area (Å²) in [6.45, 7) is 5.72. The normalized spacial score (nSPS) is 15.5. The van der Waals surface area contributed by atoms with E-state index in [0.717, 1.165) is 11.3 Å². The molecule has 0 radical (unpaired) electrons. The molecule has 112 valence electrons. The molecule has 21 heavy (non-hydrogen) atoms. The molecule has 1 aliphatic heterocycles. The van der Waals surface area contributed by atoms with Crippen molar-refractivity contribution in [2.45, 2.75) is 26.5 Å². The van der Waals surface area contributed by atoms with E-state index in [9.17, 15) is 4.79 Å². The van der Waals surface area contributed by atoms with Crippen molar-refractivity contribution >= 4 is 18.0 Å². The van der Waals surface area contributed by atoms with Gasteiger partial charge in [0.25, 0.3) is 0 Å². The Morgan fingerprint density at radius 3 is 2.67 bits per heavy atom. The average molecular weight is 287 g/mol. The predicted octanol–water partition coefficient (Wildman–Crippen LogP) is 2.46. The van der Waals surface area contributed by atoms with Crippen LogP contribution in [-0.4, -0.2) is 37.2 Å². The van der Waals surface area contributed by atoms with Gasteiger partial charge in [0.2, 0.25) is 0 Å².